The smallest absolute Gasteiger partial charge is 0.264 e. The van der Waals surface area contributed by atoms with Crippen LogP contribution < -0.4 is 0 Å². The summed E-state index contributed by atoms with van der Waals surface area (Å²) in [5.41, 5.74) is 1.15. The van der Waals surface area contributed by atoms with E-state index in [-0.39, 0.29) is 5.91 Å². The van der Waals surface area contributed by atoms with Gasteiger partial charge in [-0.15, -0.1) is 11.3 Å². The highest BCUT2D eigenvalue weighted by molar-refractivity contribution is 7.21. The zero-order valence-electron chi connectivity index (χ0n) is 13.8. The summed E-state index contributed by atoms with van der Waals surface area (Å²) in [4.78, 5) is 18.5. The lowest BCUT2D eigenvalue weighted by atomic mass is 10.1. The Morgan fingerprint density at radius 3 is 2.48 bits per heavy atom. The minimum atomic E-state index is 0.231. The lowest BCUT2D eigenvalue weighted by molar-refractivity contribution is 0.0577. The molecule has 0 radical (unpaired) electrons. The number of rotatable bonds is 2. The van der Waals surface area contributed by atoms with Crippen LogP contribution in [0.4, 0.5) is 0 Å². The van der Waals surface area contributed by atoms with E-state index < -0.39 is 0 Å². The molecule has 122 valence electrons. The van der Waals surface area contributed by atoms with E-state index in [0.717, 1.165) is 42.7 Å². The van der Waals surface area contributed by atoms with Gasteiger partial charge in [0.05, 0.1) is 4.88 Å². The number of thiophene rings is 1. The average molecular weight is 328 g/mol. The van der Waals surface area contributed by atoms with Crippen LogP contribution in [-0.4, -0.2) is 47.9 Å². The van der Waals surface area contributed by atoms with Crippen LogP contribution in [0, 0.1) is 6.92 Å². The van der Waals surface area contributed by atoms with Crippen molar-refractivity contribution in [1.82, 2.24) is 9.80 Å². The molecule has 0 spiro atoms. The number of amides is 1. The topological polar surface area (TPSA) is 23.6 Å². The fraction of sp³-hybridized carbons (Fsp3) is 0.526. The van der Waals surface area contributed by atoms with Gasteiger partial charge in [-0.1, -0.05) is 31.0 Å². The molecule has 0 bridgehead atoms. The van der Waals surface area contributed by atoms with Crippen LogP contribution in [0.25, 0.3) is 10.1 Å². The van der Waals surface area contributed by atoms with E-state index in [9.17, 15) is 4.79 Å². The number of carbonyl (C=O) groups is 1. The quantitative estimate of drug-likeness (QED) is 0.834. The third-order valence-electron chi connectivity index (χ3n) is 5.48. The van der Waals surface area contributed by atoms with Crippen LogP contribution in [0.5, 0.6) is 0 Å². The fourth-order valence-corrected chi connectivity index (χ4v) is 5.26. The predicted molar refractivity (Wildman–Crippen MR) is 96.3 cm³/mol. The minimum absolute atomic E-state index is 0.231. The highest BCUT2D eigenvalue weighted by Crippen LogP contribution is 2.32. The van der Waals surface area contributed by atoms with Crippen molar-refractivity contribution in [2.45, 2.75) is 38.6 Å². The summed E-state index contributed by atoms with van der Waals surface area (Å²) < 4.78 is 1.22. The van der Waals surface area contributed by atoms with E-state index in [0.29, 0.717) is 0 Å². The number of nitrogens with zero attached hydrogens (tertiary/aromatic N) is 2. The van der Waals surface area contributed by atoms with Crippen LogP contribution in [0.1, 0.15) is 40.9 Å². The van der Waals surface area contributed by atoms with E-state index in [1.165, 1.54) is 35.8 Å². The Kier molecular flexibility index (Phi) is 4.12. The molecule has 1 aromatic carbocycles. The van der Waals surface area contributed by atoms with E-state index in [1.807, 2.05) is 6.07 Å². The summed E-state index contributed by atoms with van der Waals surface area (Å²) >= 11 is 1.65. The molecule has 2 fully saturated rings. The third-order valence-corrected chi connectivity index (χ3v) is 6.74. The van der Waals surface area contributed by atoms with Gasteiger partial charge in [-0.3, -0.25) is 9.69 Å². The zero-order valence-corrected chi connectivity index (χ0v) is 14.6. The summed E-state index contributed by atoms with van der Waals surface area (Å²) in [5, 5.41) is 1.23. The maximum absolute atomic E-state index is 12.9. The Labute approximate surface area is 141 Å². The van der Waals surface area contributed by atoms with Gasteiger partial charge in [0.15, 0.2) is 0 Å². The molecule has 2 heterocycles. The van der Waals surface area contributed by atoms with E-state index in [2.05, 4.69) is 34.9 Å². The van der Waals surface area contributed by atoms with Crippen LogP contribution in [-0.2, 0) is 0 Å². The monoisotopic (exact) mass is 328 g/mol. The molecule has 2 aliphatic rings. The second kappa shape index (κ2) is 6.25. The first-order valence-corrected chi connectivity index (χ1v) is 9.57. The molecule has 23 heavy (non-hydrogen) atoms. The molecule has 1 aromatic heterocycles. The first kappa shape index (κ1) is 15.2. The highest BCUT2D eigenvalue weighted by Gasteiger charge is 2.29. The minimum Gasteiger partial charge on any atom is -0.335 e. The van der Waals surface area contributed by atoms with Crippen molar-refractivity contribution in [2.75, 3.05) is 26.2 Å². The van der Waals surface area contributed by atoms with Gasteiger partial charge in [0.1, 0.15) is 0 Å². The second-order valence-corrected chi connectivity index (χ2v) is 7.87. The Morgan fingerprint density at radius 2 is 1.78 bits per heavy atom. The number of hydrogen-bond donors (Lipinski definition) is 0. The van der Waals surface area contributed by atoms with E-state index in [1.54, 1.807) is 11.3 Å². The van der Waals surface area contributed by atoms with Crippen molar-refractivity contribution < 1.29 is 4.79 Å². The van der Waals surface area contributed by atoms with Crippen molar-refractivity contribution in [3.05, 3.63) is 34.7 Å². The van der Waals surface area contributed by atoms with Gasteiger partial charge >= 0.3 is 0 Å². The molecule has 1 saturated heterocycles. The first-order chi connectivity index (χ1) is 11.2. The standard InChI is InChI=1S/C19H24N2OS/c1-14-16-8-4-5-9-17(16)23-18(14)19(22)21-12-10-20(11-13-21)15-6-2-3-7-15/h4-5,8-9,15H,2-3,6-7,10-13H2,1H3. The molecule has 1 aliphatic carbocycles. The number of aryl methyl sites for hydroxylation is 1. The van der Waals surface area contributed by atoms with Gasteiger partial charge in [0.25, 0.3) is 5.91 Å². The number of fused-ring (bicyclic) bond motifs is 1. The van der Waals surface area contributed by atoms with Gasteiger partial charge in [-0.25, -0.2) is 0 Å². The van der Waals surface area contributed by atoms with Crippen LogP contribution in [0.15, 0.2) is 24.3 Å². The van der Waals surface area contributed by atoms with Gasteiger partial charge < -0.3 is 4.90 Å². The second-order valence-electron chi connectivity index (χ2n) is 6.82. The Balaban J connectivity index is 1.48. The van der Waals surface area contributed by atoms with Crippen LogP contribution in [0.2, 0.25) is 0 Å². The van der Waals surface area contributed by atoms with Crippen LogP contribution >= 0.6 is 11.3 Å². The molecule has 1 aliphatic heterocycles. The summed E-state index contributed by atoms with van der Waals surface area (Å²) in [6.45, 7) is 5.92. The summed E-state index contributed by atoms with van der Waals surface area (Å²) in [6, 6.07) is 9.11. The number of carbonyl (C=O) groups excluding carboxylic acids is 1. The molecular formula is C19H24N2OS. The number of hydrogen-bond acceptors (Lipinski definition) is 3. The van der Waals surface area contributed by atoms with Gasteiger partial charge in [-0.2, -0.15) is 0 Å². The van der Waals surface area contributed by atoms with Crippen molar-refractivity contribution >= 4 is 27.3 Å². The number of benzene rings is 1. The molecule has 0 unspecified atom stereocenters. The fourth-order valence-electron chi connectivity index (χ4n) is 4.08. The Hall–Kier alpha value is -1.39. The molecule has 2 aromatic rings. The van der Waals surface area contributed by atoms with Gasteiger partial charge in [0, 0.05) is 36.9 Å². The van der Waals surface area contributed by atoms with Crippen molar-refractivity contribution in [3.8, 4) is 0 Å². The molecule has 0 N–H and O–H groups in total. The molecule has 4 rings (SSSR count). The highest BCUT2D eigenvalue weighted by atomic mass is 32.1. The Bertz CT molecular complexity index is 709. The largest absolute Gasteiger partial charge is 0.335 e. The van der Waals surface area contributed by atoms with Gasteiger partial charge in [0.2, 0.25) is 0 Å². The molecular weight excluding hydrogens is 304 g/mol. The molecule has 1 amide bonds. The molecule has 4 heteroatoms. The lowest BCUT2D eigenvalue weighted by Crippen LogP contribution is -2.51. The van der Waals surface area contributed by atoms with Crippen molar-refractivity contribution in [1.29, 1.82) is 0 Å². The van der Waals surface area contributed by atoms with E-state index in [4.69, 9.17) is 0 Å². The Morgan fingerprint density at radius 1 is 1.09 bits per heavy atom. The van der Waals surface area contributed by atoms with Crippen LogP contribution in [0.3, 0.4) is 0 Å². The molecule has 0 atom stereocenters. The zero-order chi connectivity index (χ0) is 15.8. The average Bonchev–Trinajstić information content (AvgIpc) is 3.23. The van der Waals surface area contributed by atoms with E-state index >= 15 is 0 Å². The summed E-state index contributed by atoms with van der Waals surface area (Å²) in [7, 11) is 0. The summed E-state index contributed by atoms with van der Waals surface area (Å²) in [6.07, 6.45) is 5.46. The number of piperazine rings is 1. The van der Waals surface area contributed by atoms with Gasteiger partial charge in [-0.05, 0) is 36.8 Å². The van der Waals surface area contributed by atoms with Crippen molar-refractivity contribution in [2.24, 2.45) is 0 Å². The molecule has 3 nitrogen and oxygen atoms in total. The maximum Gasteiger partial charge on any atom is 0.264 e. The summed E-state index contributed by atoms with van der Waals surface area (Å²) in [5.74, 6) is 0.231. The van der Waals surface area contributed by atoms with Crippen molar-refractivity contribution in [3.63, 3.8) is 0 Å². The lowest BCUT2D eigenvalue weighted by Gasteiger charge is -2.38. The predicted octanol–water partition coefficient (Wildman–Crippen LogP) is 3.91. The SMILES string of the molecule is Cc1c(C(=O)N2CCN(C3CCCC3)CC2)sc2ccccc12. The molecule has 1 saturated carbocycles. The maximum atomic E-state index is 12.9. The normalized spacial score (nSPS) is 20.5. The first-order valence-electron chi connectivity index (χ1n) is 8.75. The third kappa shape index (κ3) is 2.79.